The zero-order chi connectivity index (χ0) is 17.4. The Kier molecular flexibility index (Phi) is 6.09. The van der Waals surface area contributed by atoms with E-state index in [-0.39, 0.29) is 5.71 Å². The van der Waals surface area contributed by atoms with E-state index in [9.17, 15) is 10.1 Å². The first-order valence-electron chi connectivity index (χ1n) is 7.88. The standard InChI is InChI=1S/C19H20N4O/c1-3-23(4-2)17-12-10-16(11-13-17)21-18(14-20)19(24)22-15-8-6-5-7-9-15/h5-13H,3-4H2,1-2H3,(H,22,24)/b21-18+. The van der Waals surface area contributed by atoms with Gasteiger partial charge in [0.2, 0.25) is 5.71 Å². The average molecular weight is 320 g/mol. The number of nitriles is 1. The summed E-state index contributed by atoms with van der Waals surface area (Å²) in [7, 11) is 0. The van der Waals surface area contributed by atoms with Gasteiger partial charge in [0, 0.05) is 24.5 Å². The number of carbonyl (C=O) groups is 1. The largest absolute Gasteiger partial charge is 0.372 e. The predicted molar refractivity (Wildman–Crippen MR) is 97.8 cm³/mol. The monoisotopic (exact) mass is 320 g/mol. The molecule has 0 saturated heterocycles. The summed E-state index contributed by atoms with van der Waals surface area (Å²) in [5.41, 5.74) is 2.12. The lowest BCUT2D eigenvalue weighted by molar-refractivity contribution is -0.110. The number of rotatable bonds is 6. The van der Waals surface area contributed by atoms with E-state index >= 15 is 0 Å². The third kappa shape index (κ3) is 4.43. The van der Waals surface area contributed by atoms with Gasteiger partial charge in [0.05, 0.1) is 5.69 Å². The minimum absolute atomic E-state index is 0.172. The summed E-state index contributed by atoms with van der Waals surface area (Å²) in [6.45, 7) is 6.03. The Balaban J connectivity index is 2.15. The van der Waals surface area contributed by atoms with Crippen LogP contribution in [0.5, 0.6) is 0 Å². The molecule has 0 heterocycles. The Morgan fingerprint density at radius 1 is 1.08 bits per heavy atom. The van der Waals surface area contributed by atoms with E-state index in [1.165, 1.54) is 0 Å². The van der Waals surface area contributed by atoms with Crippen LogP contribution in [0.1, 0.15) is 13.8 Å². The van der Waals surface area contributed by atoms with Crippen LogP contribution in [-0.2, 0) is 4.79 Å². The lowest BCUT2D eigenvalue weighted by Gasteiger charge is -2.20. The van der Waals surface area contributed by atoms with Crippen molar-refractivity contribution in [2.45, 2.75) is 13.8 Å². The van der Waals surface area contributed by atoms with Crippen LogP contribution in [0.3, 0.4) is 0 Å². The maximum Gasteiger partial charge on any atom is 0.285 e. The summed E-state index contributed by atoms with van der Waals surface area (Å²) in [4.78, 5) is 18.5. The van der Waals surface area contributed by atoms with Gasteiger partial charge in [-0.15, -0.1) is 0 Å². The zero-order valence-electron chi connectivity index (χ0n) is 13.9. The van der Waals surface area contributed by atoms with Crippen molar-refractivity contribution in [1.29, 1.82) is 5.26 Å². The normalized spacial score (nSPS) is 10.8. The number of amides is 1. The quantitative estimate of drug-likeness (QED) is 0.824. The predicted octanol–water partition coefficient (Wildman–Crippen LogP) is 3.77. The molecule has 0 spiro atoms. The molecule has 2 rings (SSSR count). The number of para-hydroxylation sites is 1. The average Bonchev–Trinajstić information content (AvgIpc) is 2.62. The summed E-state index contributed by atoms with van der Waals surface area (Å²) >= 11 is 0. The van der Waals surface area contributed by atoms with Crippen molar-refractivity contribution in [3.8, 4) is 6.07 Å². The first-order valence-corrected chi connectivity index (χ1v) is 7.88. The maximum atomic E-state index is 12.1. The van der Waals surface area contributed by atoms with Gasteiger partial charge in [-0.05, 0) is 50.2 Å². The molecule has 122 valence electrons. The molecule has 0 radical (unpaired) electrons. The highest BCUT2D eigenvalue weighted by Gasteiger charge is 2.11. The van der Waals surface area contributed by atoms with Gasteiger partial charge >= 0.3 is 0 Å². The number of hydrogen-bond acceptors (Lipinski definition) is 4. The van der Waals surface area contributed by atoms with E-state index < -0.39 is 5.91 Å². The van der Waals surface area contributed by atoms with Crippen molar-refractivity contribution in [2.75, 3.05) is 23.3 Å². The second-order valence-corrected chi connectivity index (χ2v) is 5.08. The molecule has 5 nitrogen and oxygen atoms in total. The fourth-order valence-electron chi connectivity index (χ4n) is 2.29. The molecule has 5 heteroatoms. The summed E-state index contributed by atoms with van der Waals surface area (Å²) in [6.07, 6.45) is 0. The topological polar surface area (TPSA) is 68.5 Å². The van der Waals surface area contributed by atoms with Gasteiger partial charge in [0.25, 0.3) is 5.91 Å². The second kappa shape index (κ2) is 8.49. The Morgan fingerprint density at radius 3 is 2.25 bits per heavy atom. The van der Waals surface area contributed by atoms with Crippen molar-refractivity contribution < 1.29 is 4.79 Å². The van der Waals surface area contributed by atoms with E-state index in [0.717, 1.165) is 18.8 Å². The number of nitrogens with zero attached hydrogens (tertiary/aromatic N) is 3. The second-order valence-electron chi connectivity index (χ2n) is 5.08. The lowest BCUT2D eigenvalue weighted by atomic mass is 10.2. The van der Waals surface area contributed by atoms with Crippen LogP contribution in [0.15, 0.2) is 59.6 Å². The van der Waals surface area contributed by atoms with Crippen molar-refractivity contribution in [3.05, 3.63) is 54.6 Å². The maximum absolute atomic E-state index is 12.1. The molecule has 0 aromatic heterocycles. The molecule has 0 saturated carbocycles. The molecule has 0 fully saturated rings. The van der Waals surface area contributed by atoms with E-state index in [4.69, 9.17) is 0 Å². The van der Waals surface area contributed by atoms with Crippen LogP contribution in [0.4, 0.5) is 17.1 Å². The van der Waals surface area contributed by atoms with Crippen molar-refractivity contribution in [2.24, 2.45) is 4.99 Å². The van der Waals surface area contributed by atoms with Gasteiger partial charge in [-0.3, -0.25) is 4.79 Å². The molecule has 0 unspecified atom stereocenters. The number of nitrogens with one attached hydrogen (secondary N) is 1. The van der Waals surface area contributed by atoms with Gasteiger partial charge in [-0.25, -0.2) is 4.99 Å². The van der Waals surface area contributed by atoms with Gasteiger partial charge in [-0.2, -0.15) is 5.26 Å². The minimum Gasteiger partial charge on any atom is -0.372 e. The molecule has 0 bridgehead atoms. The van der Waals surface area contributed by atoms with Crippen molar-refractivity contribution >= 4 is 28.7 Å². The van der Waals surface area contributed by atoms with E-state index in [1.54, 1.807) is 24.3 Å². The molecular weight excluding hydrogens is 300 g/mol. The van der Waals surface area contributed by atoms with Gasteiger partial charge < -0.3 is 10.2 Å². The third-order valence-electron chi connectivity index (χ3n) is 3.57. The first-order chi connectivity index (χ1) is 11.7. The van der Waals surface area contributed by atoms with Crippen LogP contribution in [0.2, 0.25) is 0 Å². The smallest absolute Gasteiger partial charge is 0.285 e. The van der Waals surface area contributed by atoms with E-state index in [0.29, 0.717) is 11.4 Å². The van der Waals surface area contributed by atoms with Crippen LogP contribution >= 0.6 is 0 Å². The van der Waals surface area contributed by atoms with Gasteiger partial charge in [0.15, 0.2) is 0 Å². The highest BCUT2D eigenvalue weighted by Crippen LogP contribution is 2.20. The van der Waals surface area contributed by atoms with Crippen molar-refractivity contribution in [1.82, 2.24) is 0 Å². The van der Waals surface area contributed by atoms with E-state index in [2.05, 4.69) is 29.1 Å². The Labute approximate surface area is 142 Å². The van der Waals surface area contributed by atoms with Crippen LogP contribution in [-0.4, -0.2) is 24.7 Å². The first kappa shape index (κ1) is 17.2. The molecule has 24 heavy (non-hydrogen) atoms. The molecule has 2 aromatic rings. The molecule has 0 aliphatic rings. The van der Waals surface area contributed by atoms with Crippen molar-refractivity contribution in [3.63, 3.8) is 0 Å². The zero-order valence-corrected chi connectivity index (χ0v) is 13.9. The summed E-state index contributed by atoms with van der Waals surface area (Å²) < 4.78 is 0. The van der Waals surface area contributed by atoms with Gasteiger partial charge in [0.1, 0.15) is 6.07 Å². The lowest BCUT2D eigenvalue weighted by Crippen LogP contribution is -2.21. The SMILES string of the molecule is CCN(CC)c1ccc(/N=C(\C#N)C(=O)Nc2ccccc2)cc1. The van der Waals surface area contributed by atoms with Gasteiger partial charge in [-0.1, -0.05) is 18.2 Å². The third-order valence-corrected chi connectivity index (χ3v) is 3.57. The molecule has 2 aromatic carbocycles. The highest BCUT2D eigenvalue weighted by atomic mass is 16.1. The molecule has 0 atom stereocenters. The fourth-order valence-corrected chi connectivity index (χ4v) is 2.29. The Bertz CT molecular complexity index is 741. The van der Waals surface area contributed by atoms with Crippen LogP contribution < -0.4 is 10.2 Å². The fraction of sp³-hybridized carbons (Fsp3) is 0.211. The molecule has 1 N–H and O–H groups in total. The summed E-state index contributed by atoms with van der Waals surface area (Å²) in [5.74, 6) is -0.517. The number of carbonyl (C=O) groups excluding carboxylic acids is 1. The Morgan fingerprint density at radius 2 is 1.71 bits per heavy atom. The number of anilines is 2. The Hall–Kier alpha value is -3.13. The highest BCUT2D eigenvalue weighted by molar-refractivity contribution is 6.49. The summed E-state index contributed by atoms with van der Waals surface area (Å²) in [6, 6.07) is 18.3. The molecule has 1 amide bonds. The number of aliphatic imine (C=N–C) groups is 1. The van der Waals surface area contributed by atoms with E-state index in [1.807, 2.05) is 36.4 Å². The number of benzene rings is 2. The number of hydrogen-bond donors (Lipinski definition) is 1. The molecule has 0 aliphatic heterocycles. The minimum atomic E-state index is -0.517. The van der Waals surface area contributed by atoms with Crippen LogP contribution in [0.25, 0.3) is 0 Å². The summed E-state index contributed by atoms with van der Waals surface area (Å²) in [5, 5.41) is 11.9. The molecular formula is C19H20N4O. The van der Waals surface area contributed by atoms with Crippen LogP contribution in [0, 0.1) is 11.3 Å². The molecule has 0 aliphatic carbocycles.